The molecule has 130 valence electrons. The fourth-order valence-corrected chi connectivity index (χ4v) is 3.43. The number of benzene rings is 1. The van der Waals surface area contributed by atoms with E-state index in [1.54, 1.807) is 6.07 Å². The van der Waals surface area contributed by atoms with Crippen LogP contribution in [-0.4, -0.2) is 55.1 Å². The quantitative estimate of drug-likeness (QED) is 0.627. The van der Waals surface area contributed by atoms with Crippen LogP contribution in [0, 0.1) is 16.0 Å². The molecule has 0 N–H and O–H groups in total. The van der Waals surface area contributed by atoms with Crippen molar-refractivity contribution in [1.82, 2.24) is 4.90 Å². The Bertz CT molecular complexity index is 628. The van der Waals surface area contributed by atoms with Crippen molar-refractivity contribution in [2.24, 2.45) is 5.92 Å². The number of carbonyl (C=O) groups excluding carboxylic acids is 1. The minimum Gasteiger partial charge on any atom is -0.378 e. The standard InChI is InChI=1S/C17H23N3O4/c1-13-3-2-6-19(12-13)17(21)15-11-14(20(22)23)4-5-16(15)18-7-9-24-10-8-18/h4-5,11,13H,2-3,6-10,12H2,1H3/t13-/m1/s1. The van der Waals surface area contributed by atoms with Crippen molar-refractivity contribution < 1.29 is 14.5 Å². The fourth-order valence-electron chi connectivity index (χ4n) is 3.43. The van der Waals surface area contributed by atoms with Crippen LogP contribution >= 0.6 is 0 Å². The number of ether oxygens (including phenoxy) is 1. The molecular weight excluding hydrogens is 310 g/mol. The van der Waals surface area contributed by atoms with Gasteiger partial charge in [-0.1, -0.05) is 6.92 Å². The normalized spacial score (nSPS) is 21.6. The van der Waals surface area contributed by atoms with Gasteiger partial charge in [-0.25, -0.2) is 0 Å². The summed E-state index contributed by atoms with van der Waals surface area (Å²) in [5, 5.41) is 11.1. The maximum Gasteiger partial charge on any atom is 0.270 e. The first-order chi connectivity index (χ1) is 11.6. The number of anilines is 1. The molecule has 0 spiro atoms. The van der Waals surface area contributed by atoms with Crippen molar-refractivity contribution in [3.05, 3.63) is 33.9 Å². The SMILES string of the molecule is C[C@@H]1CCCN(C(=O)c2cc([N+](=O)[O-])ccc2N2CCOCC2)C1. The molecule has 2 aliphatic heterocycles. The van der Waals surface area contributed by atoms with Crippen molar-refractivity contribution in [3.63, 3.8) is 0 Å². The van der Waals surface area contributed by atoms with Gasteiger partial charge in [0.1, 0.15) is 0 Å². The number of nitro groups is 1. The molecule has 0 aromatic heterocycles. The average Bonchev–Trinajstić information content (AvgIpc) is 2.61. The topological polar surface area (TPSA) is 75.9 Å². The molecule has 1 aromatic carbocycles. The Morgan fingerprint density at radius 3 is 2.71 bits per heavy atom. The summed E-state index contributed by atoms with van der Waals surface area (Å²) in [6.07, 6.45) is 2.10. The van der Waals surface area contributed by atoms with Gasteiger partial charge in [0.15, 0.2) is 0 Å². The van der Waals surface area contributed by atoms with Crippen LogP contribution in [0.2, 0.25) is 0 Å². The molecule has 0 aliphatic carbocycles. The van der Waals surface area contributed by atoms with Crippen LogP contribution in [0.25, 0.3) is 0 Å². The van der Waals surface area contributed by atoms with Crippen molar-refractivity contribution in [1.29, 1.82) is 0 Å². The molecule has 0 bridgehead atoms. The van der Waals surface area contributed by atoms with E-state index in [2.05, 4.69) is 11.8 Å². The van der Waals surface area contributed by atoms with E-state index in [0.29, 0.717) is 50.9 Å². The molecule has 7 heteroatoms. The molecule has 1 atom stereocenters. The number of likely N-dealkylation sites (tertiary alicyclic amines) is 1. The van der Waals surface area contributed by atoms with E-state index in [4.69, 9.17) is 4.74 Å². The summed E-state index contributed by atoms with van der Waals surface area (Å²) < 4.78 is 5.37. The van der Waals surface area contributed by atoms with Crippen LogP contribution in [0.3, 0.4) is 0 Å². The molecule has 7 nitrogen and oxygen atoms in total. The highest BCUT2D eigenvalue weighted by molar-refractivity contribution is 6.00. The van der Waals surface area contributed by atoms with Crippen molar-refractivity contribution >= 4 is 17.3 Å². The van der Waals surface area contributed by atoms with Gasteiger partial charge in [-0.2, -0.15) is 0 Å². The third-order valence-electron chi connectivity index (χ3n) is 4.72. The number of hydrogen-bond acceptors (Lipinski definition) is 5. The first-order valence-electron chi connectivity index (χ1n) is 8.46. The lowest BCUT2D eigenvalue weighted by Gasteiger charge is -2.34. The molecule has 24 heavy (non-hydrogen) atoms. The number of nitrogens with zero attached hydrogens (tertiary/aromatic N) is 3. The van der Waals surface area contributed by atoms with Gasteiger partial charge in [-0.15, -0.1) is 0 Å². The lowest BCUT2D eigenvalue weighted by atomic mass is 9.99. The van der Waals surface area contributed by atoms with Gasteiger partial charge in [0, 0.05) is 38.3 Å². The molecule has 0 radical (unpaired) electrons. The van der Waals surface area contributed by atoms with E-state index in [1.165, 1.54) is 12.1 Å². The summed E-state index contributed by atoms with van der Waals surface area (Å²) in [5.41, 5.74) is 1.16. The number of piperidine rings is 1. The zero-order valence-electron chi connectivity index (χ0n) is 13.9. The van der Waals surface area contributed by atoms with Crippen LogP contribution in [0.5, 0.6) is 0 Å². The smallest absolute Gasteiger partial charge is 0.270 e. The van der Waals surface area contributed by atoms with E-state index in [1.807, 2.05) is 4.90 Å². The zero-order chi connectivity index (χ0) is 17.1. The van der Waals surface area contributed by atoms with Gasteiger partial charge >= 0.3 is 0 Å². The highest BCUT2D eigenvalue weighted by atomic mass is 16.6. The van der Waals surface area contributed by atoms with E-state index >= 15 is 0 Å². The fraction of sp³-hybridized carbons (Fsp3) is 0.588. The molecule has 2 fully saturated rings. The molecule has 2 heterocycles. The Balaban J connectivity index is 1.94. The number of carbonyl (C=O) groups is 1. The molecule has 2 saturated heterocycles. The summed E-state index contributed by atoms with van der Waals surface area (Å²) in [7, 11) is 0. The number of hydrogen-bond donors (Lipinski definition) is 0. The Morgan fingerprint density at radius 2 is 2.04 bits per heavy atom. The maximum atomic E-state index is 13.0. The van der Waals surface area contributed by atoms with Gasteiger partial charge in [0.05, 0.1) is 29.4 Å². The van der Waals surface area contributed by atoms with E-state index in [0.717, 1.165) is 18.5 Å². The third-order valence-corrected chi connectivity index (χ3v) is 4.72. The van der Waals surface area contributed by atoms with Crippen molar-refractivity contribution in [2.45, 2.75) is 19.8 Å². The largest absolute Gasteiger partial charge is 0.378 e. The maximum absolute atomic E-state index is 13.0. The summed E-state index contributed by atoms with van der Waals surface area (Å²) in [5.74, 6) is 0.361. The molecular formula is C17H23N3O4. The second-order valence-corrected chi connectivity index (χ2v) is 6.56. The lowest BCUT2D eigenvalue weighted by Crippen LogP contribution is -2.41. The van der Waals surface area contributed by atoms with Gasteiger partial charge in [-0.3, -0.25) is 14.9 Å². The predicted molar refractivity (Wildman–Crippen MR) is 90.4 cm³/mol. The average molecular weight is 333 g/mol. The van der Waals surface area contributed by atoms with Gasteiger partial charge < -0.3 is 14.5 Å². The highest BCUT2D eigenvalue weighted by Gasteiger charge is 2.27. The van der Waals surface area contributed by atoms with Crippen LogP contribution < -0.4 is 4.90 Å². The Labute approximate surface area is 141 Å². The van der Waals surface area contributed by atoms with E-state index < -0.39 is 4.92 Å². The van der Waals surface area contributed by atoms with Crippen LogP contribution in [-0.2, 0) is 4.74 Å². The molecule has 0 saturated carbocycles. The Kier molecular flexibility index (Phi) is 4.99. The summed E-state index contributed by atoms with van der Waals surface area (Å²) >= 11 is 0. The van der Waals surface area contributed by atoms with Gasteiger partial charge in [0.2, 0.25) is 0 Å². The molecule has 2 aliphatic rings. The number of non-ortho nitro benzene ring substituents is 1. The Hall–Kier alpha value is -2.15. The second kappa shape index (κ2) is 7.17. The molecule has 1 amide bonds. The number of nitro benzene ring substituents is 1. The highest BCUT2D eigenvalue weighted by Crippen LogP contribution is 2.29. The molecule has 3 rings (SSSR count). The minimum absolute atomic E-state index is 0.0413. The minimum atomic E-state index is -0.446. The first kappa shape index (κ1) is 16.7. The van der Waals surface area contributed by atoms with Gasteiger partial charge in [-0.05, 0) is 24.8 Å². The lowest BCUT2D eigenvalue weighted by molar-refractivity contribution is -0.384. The number of amides is 1. The van der Waals surface area contributed by atoms with Crippen LogP contribution in [0.4, 0.5) is 11.4 Å². The van der Waals surface area contributed by atoms with Gasteiger partial charge in [0.25, 0.3) is 11.6 Å². The third kappa shape index (κ3) is 3.51. The molecule has 0 unspecified atom stereocenters. The van der Waals surface area contributed by atoms with Crippen molar-refractivity contribution in [2.75, 3.05) is 44.3 Å². The van der Waals surface area contributed by atoms with E-state index in [-0.39, 0.29) is 11.6 Å². The zero-order valence-corrected chi connectivity index (χ0v) is 13.9. The first-order valence-corrected chi connectivity index (χ1v) is 8.46. The van der Waals surface area contributed by atoms with Crippen LogP contribution in [0.1, 0.15) is 30.1 Å². The number of morpholine rings is 1. The summed E-state index contributed by atoms with van der Waals surface area (Å²) in [6.45, 7) is 6.15. The van der Waals surface area contributed by atoms with E-state index in [9.17, 15) is 14.9 Å². The summed E-state index contributed by atoms with van der Waals surface area (Å²) in [6, 6.07) is 4.59. The van der Waals surface area contributed by atoms with Crippen molar-refractivity contribution in [3.8, 4) is 0 Å². The molecule has 1 aromatic rings. The van der Waals surface area contributed by atoms with Crippen LogP contribution in [0.15, 0.2) is 18.2 Å². The number of rotatable bonds is 3. The summed E-state index contributed by atoms with van der Waals surface area (Å²) in [4.78, 5) is 27.6. The monoisotopic (exact) mass is 333 g/mol. The second-order valence-electron chi connectivity index (χ2n) is 6.56. The predicted octanol–water partition coefficient (Wildman–Crippen LogP) is 2.30. The Morgan fingerprint density at radius 1 is 1.29 bits per heavy atom.